The van der Waals surface area contributed by atoms with E-state index < -0.39 is 0 Å². The van der Waals surface area contributed by atoms with E-state index in [0.717, 1.165) is 30.2 Å². The molecule has 1 aliphatic carbocycles. The summed E-state index contributed by atoms with van der Waals surface area (Å²) >= 11 is 0. The molecule has 0 bridgehead atoms. The number of allylic oxidation sites excluding steroid dienone is 1. The minimum absolute atomic E-state index is 0.676. The molecule has 2 heteroatoms. The molecule has 1 heterocycles. The summed E-state index contributed by atoms with van der Waals surface area (Å²) in [5, 5.41) is 0. The van der Waals surface area contributed by atoms with Gasteiger partial charge in [-0.1, -0.05) is 13.0 Å². The van der Waals surface area contributed by atoms with Crippen LogP contribution >= 0.6 is 0 Å². The van der Waals surface area contributed by atoms with Gasteiger partial charge in [-0.05, 0) is 18.4 Å². The SMILES string of the molecule is Cc1nc2c(o1)CC(C)CC=C2. The summed E-state index contributed by atoms with van der Waals surface area (Å²) in [6.45, 7) is 4.13. The number of rotatable bonds is 0. The van der Waals surface area contributed by atoms with Crippen molar-refractivity contribution < 1.29 is 4.42 Å². The smallest absolute Gasteiger partial charge is 0.191 e. The minimum Gasteiger partial charge on any atom is -0.445 e. The van der Waals surface area contributed by atoms with Gasteiger partial charge >= 0.3 is 0 Å². The molecule has 0 amide bonds. The standard InChI is InChI=1S/C10H13NO/c1-7-4-3-5-9-10(6-7)12-8(2)11-9/h3,5,7H,4,6H2,1-2H3. The molecule has 2 rings (SSSR count). The summed E-state index contributed by atoms with van der Waals surface area (Å²) in [6.07, 6.45) is 6.39. The van der Waals surface area contributed by atoms with Crippen LogP contribution in [-0.2, 0) is 6.42 Å². The fourth-order valence-electron chi connectivity index (χ4n) is 1.57. The third kappa shape index (κ3) is 1.29. The first-order valence-electron chi connectivity index (χ1n) is 4.38. The number of fused-ring (bicyclic) bond motifs is 1. The quantitative estimate of drug-likeness (QED) is 0.587. The van der Waals surface area contributed by atoms with E-state index in [1.54, 1.807) is 0 Å². The monoisotopic (exact) mass is 163 g/mol. The fourth-order valence-corrected chi connectivity index (χ4v) is 1.57. The van der Waals surface area contributed by atoms with Crippen molar-refractivity contribution in [1.29, 1.82) is 0 Å². The summed E-state index contributed by atoms with van der Waals surface area (Å²) in [4.78, 5) is 4.29. The summed E-state index contributed by atoms with van der Waals surface area (Å²) in [5.41, 5.74) is 1.02. The molecule has 64 valence electrons. The Morgan fingerprint density at radius 3 is 3.25 bits per heavy atom. The predicted molar refractivity (Wildman–Crippen MR) is 47.8 cm³/mol. The van der Waals surface area contributed by atoms with Crippen molar-refractivity contribution in [3.63, 3.8) is 0 Å². The highest BCUT2D eigenvalue weighted by Gasteiger charge is 2.14. The van der Waals surface area contributed by atoms with E-state index in [9.17, 15) is 0 Å². The van der Waals surface area contributed by atoms with Crippen molar-refractivity contribution in [3.8, 4) is 0 Å². The van der Waals surface area contributed by atoms with Gasteiger partial charge in [-0.15, -0.1) is 0 Å². The molecule has 1 aliphatic rings. The number of aryl methyl sites for hydroxylation is 1. The van der Waals surface area contributed by atoms with Gasteiger partial charge in [0.05, 0.1) is 0 Å². The maximum absolute atomic E-state index is 5.49. The lowest BCUT2D eigenvalue weighted by atomic mass is 10.0. The van der Waals surface area contributed by atoms with E-state index in [0.29, 0.717) is 5.92 Å². The Kier molecular flexibility index (Phi) is 1.75. The second-order valence-corrected chi connectivity index (χ2v) is 3.49. The largest absolute Gasteiger partial charge is 0.445 e. The maximum Gasteiger partial charge on any atom is 0.191 e. The van der Waals surface area contributed by atoms with Gasteiger partial charge in [-0.2, -0.15) is 0 Å². The Hall–Kier alpha value is -1.05. The normalized spacial score (nSPS) is 22.0. The molecule has 0 radical (unpaired) electrons. The van der Waals surface area contributed by atoms with Crippen LogP contribution < -0.4 is 0 Å². The molecule has 1 unspecified atom stereocenters. The van der Waals surface area contributed by atoms with Gasteiger partial charge in [0.15, 0.2) is 5.89 Å². The topological polar surface area (TPSA) is 26.0 Å². The molecule has 0 saturated carbocycles. The van der Waals surface area contributed by atoms with Crippen molar-refractivity contribution in [2.75, 3.05) is 0 Å². The first kappa shape index (κ1) is 7.59. The lowest BCUT2D eigenvalue weighted by Crippen LogP contribution is -1.95. The molecule has 1 aromatic heterocycles. The Labute approximate surface area is 72.3 Å². The molecule has 2 nitrogen and oxygen atoms in total. The molecular formula is C10H13NO. The van der Waals surface area contributed by atoms with Crippen LogP contribution in [0.5, 0.6) is 0 Å². The highest BCUT2D eigenvalue weighted by Crippen LogP contribution is 2.22. The number of hydrogen-bond donors (Lipinski definition) is 0. The van der Waals surface area contributed by atoms with Crippen LogP contribution in [0.3, 0.4) is 0 Å². The molecule has 0 spiro atoms. The second-order valence-electron chi connectivity index (χ2n) is 3.49. The van der Waals surface area contributed by atoms with Gasteiger partial charge in [0, 0.05) is 13.3 Å². The van der Waals surface area contributed by atoms with E-state index in [1.165, 1.54) is 0 Å². The number of hydrogen-bond acceptors (Lipinski definition) is 2. The van der Waals surface area contributed by atoms with Gasteiger partial charge in [-0.3, -0.25) is 0 Å². The van der Waals surface area contributed by atoms with Gasteiger partial charge in [0.1, 0.15) is 11.5 Å². The van der Waals surface area contributed by atoms with Crippen LogP contribution in [0.15, 0.2) is 10.5 Å². The zero-order chi connectivity index (χ0) is 8.55. The van der Waals surface area contributed by atoms with Crippen LogP contribution in [0, 0.1) is 12.8 Å². The van der Waals surface area contributed by atoms with E-state index in [1.807, 2.05) is 6.92 Å². The van der Waals surface area contributed by atoms with E-state index >= 15 is 0 Å². The Morgan fingerprint density at radius 2 is 2.42 bits per heavy atom. The maximum atomic E-state index is 5.49. The first-order valence-corrected chi connectivity index (χ1v) is 4.38. The molecule has 0 N–H and O–H groups in total. The van der Waals surface area contributed by atoms with Gasteiger partial charge in [0.2, 0.25) is 0 Å². The molecule has 0 fully saturated rings. The van der Waals surface area contributed by atoms with Crippen LogP contribution in [0.2, 0.25) is 0 Å². The van der Waals surface area contributed by atoms with Crippen molar-refractivity contribution >= 4 is 6.08 Å². The zero-order valence-corrected chi connectivity index (χ0v) is 7.50. The average Bonchev–Trinajstić information content (AvgIpc) is 2.23. The summed E-state index contributed by atoms with van der Waals surface area (Å²) < 4.78 is 5.49. The number of oxazole rings is 1. The molecule has 1 aromatic rings. The fraction of sp³-hybridized carbons (Fsp3) is 0.500. The Morgan fingerprint density at radius 1 is 1.58 bits per heavy atom. The van der Waals surface area contributed by atoms with Crippen LogP contribution in [0.25, 0.3) is 6.08 Å². The van der Waals surface area contributed by atoms with Crippen molar-refractivity contribution in [1.82, 2.24) is 4.98 Å². The molecule has 0 aromatic carbocycles. The average molecular weight is 163 g/mol. The molecule has 12 heavy (non-hydrogen) atoms. The minimum atomic E-state index is 0.676. The summed E-state index contributed by atoms with van der Waals surface area (Å²) in [7, 11) is 0. The predicted octanol–water partition coefficient (Wildman–Crippen LogP) is 2.58. The van der Waals surface area contributed by atoms with Gasteiger partial charge in [-0.25, -0.2) is 4.98 Å². The van der Waals surface area contributed by atoms with Crippen molar-refractivity contribution in [2.24, 2.45) is 5.92 Å². The third-order valence-corrected chi connectivity index (χ3v) is 2.18. The number of nitrogens with zero attached hydrogens (tertiary/aromatic N) is 1. The number of aromatic nitrogens is 1. The molecule has 0 aliphatic heterocycles. The Bertz CT molecular complexity index is 312. The van der Waals surface area contributed by atoms with Crippen LogP contribution in [0.1, 0.15) is 30.7 Å². The second kappa shape index (κ2) is 2.77. The van der Waals surface area contributed by atoms with E-state index in [-0.39, 0.29) is 0 Å². The summed E-state index contributed by atoms with van der Waals surface area (Å²) in [5.74, 6) is 2.50. The van der Waals surface area contributed by atoms with Crippen LogP contribution in [-0.4, -0.2) is 4.98 Å². The van der Waals surface area contributed by atoms with E-state index in [2.05, 4.69) is 24.1 Å². The first-order chi connectivity index (χ1) is 5.75. The van der Waals surface area contributed by atoms with Gasteiger partial charge in [0.25, 0.3) is 0 Å². The third-order valence-electron chi connectivity index (χ3n) is 2.18. The van der Waals surface area contributed by atoms with Crippen molar-refractivity contribution in [3.05, 3.63) is 23.4 Å². The lowest BCUT2D eigenvalue weighted by Gasteiger charge is -2.02. The molecule has 0 saturated heterocycles. The molecular weight excluding hydrogens is 150 g/mol. The molecule has 1 atom stereocenters. The van der Waals surface area contributed by atoms with E-state index in [4.69, 9.17) is 4.42 Å². The zero-order valence-electron chi connectivity index (χ0n) is 7.50. The van der Waals surface area contributed by atoms with Crippen LogP contribution in [0.4, 0.5) is 0 Å². The highest BCUT2D eigenvalue weighted by molar-refractivity contribution is 5.47. The van der Waals surface area contributed by atoms with Crippen molar-refractivity contribution in [2.45, 2.75) is 26.7 Å². The lowest BCUT2D eigenvalue weighted by molar-refractivity contribution is 0.439. The highest BCUT2D eigenvalue weighted by atomic mass is 16.4. The summed E-state index contributed by atoms with van der Waals surface area (Å²) in [6, 6.07) is 0. The Balaban J connectivity index is 2.40. The van der Waals surface area contributed by atoms with Gasteiger partial charge < -0.3 is 4.42 Å².